The molecule has 0 radical (unpaired) electrons. The minimum Gasteiger partial charge on any atom is -0.356 e. The summed E-state index contributed by atoms with van der Waals surface area (Å²) in [5.41, 5.74) is 0.0370. The molecule has 1 spiro atoms. The number of rotatable bonds is 1. The molecule has 2 aliphatic heterocycles. The van der Waals surface area contributed by atoms with Gasteiger partial charge in [-0.05, 0) is 38.4 Å². The molecular weight excluding hydrogens is 267 g/mol. The van der Waals surface area contributed by atoms with Gasteiger partial charge in [0.25, 0.3) is 0 Å². The molecule has 3 rings (SSSR count). The first-order valence-corrected chi connectivity index (χ1v) is 6.90. The van der Waals surface area contributed by atoms with Gasteiger partial charge in [0, 0.05) is 30.7 Å². The molecule has 6 heteroatoms. The first kappa shape index (κ1) is 13.7. The van der Waals surface area contributed by atoms with E-state index in [0.29, 0.717) is 11.5 Å². The van der Waals surface area contributed by atoms with Crippen molar-refractivity contribution in [2.75, 3.05) is 31.1 Å². The molecule has 1 aromatic heterocycles. The van der Waals surface area contributed by atoms with Crippen LogP contribution in [-0.4, -0.2) is 31.2 Å². The summed E-state index contributed by atoms with van der Waals surface area (Å²) in [5, 5.41) is 3.35. The average molecular weight is 285 g/mol. The van der Waals surface area contributed by atoms with E-state index in [-0.39, 0.29) is 5.41 Å². The van der Waals surface area contributed by atoms with Crippen LogP contribution in [0.1, 0.15) is 24.1 Å². The highest BCUT2D eigenvalue weighted by Crippen LogP contribution is 2.39. The fraction of sp³-hybridized carbons (Fsp3) is 0.643. The molecule has 0 aromatic carbocycles. The van der Waals surface area contributed by atoms with Crippen molar-refractivity contribution in [3.05, 3.63) is 23.4 Å². The van der Waals surface area contributed by atoms with Crippen LogP contribution in [-0.2, 0) is 6.18 Å². The van der Waals surface area contributed by atoms with Crippen LogP contribution in [0, 0.1) is 12.3 Å². The standard InChI is InChI=1S/C14H18F3N3/c1-10-6-11(14(15,16)17)7-12(19-10)20-5-3-13(9-20)2-4-18-8-13/h6-7,18H,2-5,8-9H2,1H3. The Balaban J connectivity index is 1.86. The summed E-state index contributed by atoms with van der Waals surface area (Å²) >= 11 is 0. The molecule has 110 valence electrons. The van der Waals surface area contributed by atoms with Gasteiger partial charge >= 0.3 is 6.18 Å². The molecule has 2 saturated heterocycles. The van der Waals surface area contributed by atoms with E-state index in [2.05, 4.69) is 10.3 Å². The van der Waals surface area contributed by atoms with Gasteiger partial charge in [0.1, 0.15) is 5.82 Å². The van der Waals surface area contributed by atoms with Crippen LogP contribution < -0.4 is 10.2 Å². The predicted molar refractivity (Wildman–Crippen MR) is 70.7 cm³/mol. The first-order chi connectivity index (χ1) is 9.38. The fourth-order valence-corrected chi connectivity index (χ4v) is 3.25. The fourth-order valence-electron chi connectivity index (χ4n) is 3.25. The van der Waals surface area contributed by atoms with Crippen molar-refractivity contribution in [2.45, 2.75) is 25.9 Å². The molecule has 0 saturated carbocycles. The van der Waals surface area contributed by atoms with E-state index in [1.54, 1.807) is 6.92 Å². The Kier molecular flexibility index (Phi) is 3.16. The van der Waals surface area contributed by atoms with Crippen LogP contribution in [0.5, 0.6) is 0 Å². The van der Waals surface area contributed by atoms with E-state index in [9.17, 15) is 13.2 Å². The summed E-state index contributed by atoms with van der Waals surface area (Å²) in [6, 6.07) is 2.28. The molecular formula is C14H18F3N3. The zero-order chi connectivity index (χ0) is 14.4. The van der Waals surface area contributed by atoms with Crippen LogP contribution in [0.25, 0.3) is 0 Å². The normalized spacial score (nSPS) is 26.7. The maximum atomic E-state index is 12.9. The topological polar surface area (TPSA) is 28.2 Å². The van der Waals surface area contributed by atoms with E-state index >= 15 is 0 Å². The lowest BCUT2D eigenvalue weighted by molar-refractivity contribution is -0.137. The number of aromatic nitrogens is 1. The van der Waals surface area contributed by atoms with Crippen molar-refractivity contribution >= 4 is 5.82 Å². The van der Waals surface area contributed by atoms with E-state index < -0.39 is 11.7 Å². The van der Waals surface area contributed by atoms with E-state index in [0.717, 1.165) is 45.1 Å². The molecule has 2 fully saturated rings. The summed E-state index contributed by atoms with van der Waals surface area (Å²) in [6.45, 7) is 5.16. The van der Waals surface area contributed by atoms with Gasteiger partial charge in [-0.3, -0.25) is 0 Å². The van der Waals surface area contributed by atoms with E-state index in [4.69, 9.17) is 0 Å². The summed E-state index contributed by atoms with van der Waals surface area (Å²) in [6.07, 6.45) is -2.19. The highest BCUT2D eigenvalue weighted by atomic mass is 19.4. The Morgan fingerprint density at radius 2 is 2.10 bits per heavy atom. The molecule has 20 heavy (non-hydrogen) atoms. The summed E-state index contributed by atoms with van der Waals surface area (Å²) in [4.78, 5) is 6.28. The number of hydrogen-bond donors (Lipinski definition) is 1. The molecule has 1 aromatic rings. The molecule has 3 nitrogen and oxygen atoms in total. The second-order valence-corrected chi connectivity index (χ2v) is 5.95. The number of pyridine rings is 1. The predicted octanol–water partition coefficient (Wildman–Crippen LogP) is 2.60. The summed E-state index contributed by atoms with van der Waals surface area (Å²) in [5.74, 6) is 0.459. The van der Waals surface area contributed by atoms with Gasteiger partial charge in [-0.2, -0.15) is 13.2 Å². The van der Waals surface area contributed by atoms with Gasteiger partial charge in [0.05, 0.1) is 5.56 Å². The smallest absolute Gasteiger partial charge is 0.356 e. The molecule has 1 unspecified atom stereocenters. The lowest BCUT2D eigenvalue weighted by Crippen LogP contribution is -2.29. The Morgan fingerprint density at radius 3 is 2.75 bits per heavy atom. The Hall–Kier alpha value is -1.30. The molecule has 3 heterocycles. The molecule has 0 amide bonds. The third kappa shape index (κ3) is 2.49. The highest BCUT2D eigenvalue weighted by Gasteiger charge is 2.41. The third-order valence-corrected chi connectivity index (χ3v) is 4.36. The minimum atomic E-state index is -4.31. The number of anilines is 1. The van der Waals surface area contributed by atoms with E-state index in [1.807, 2.05) is 4.90 Å². The van der Waals surface area contributed by atoms with Crippen LogP contribution in [0.4, 0.5) is 19.0 Å². The molecule has 1 atom stereocenters. The molecule has 2 aliphatic rings. The lowest BCUT2D eigenvalue weighted by atomic mass is 9.87. The zero-order valence-electron chi connectivity index (χ0n) is 11.4. The average Bonchev–Trinajstić information content (AvgIpc) is 2.99. The maximum absolute atomic E-state index is 12.9. The lowest BCUT2D eigenvalue weighted by Gasteiger charge is -2.24. The van der Waals surface area contributed by atoms with Crippen molar-refractivity contribution in [3.8, 4) is 0 Å². The molecule has 0 bridgehead atoms. The largest absolute Gasteiger partial charge is 0.416 e. The first-order valence-electron chi connectivity index (χ1n) is 6.90. The number of alkyl halides is 3. The van der Waals surface area contributed by atoms with Crippen LogP contribution in [0.3, 0.4) is 0 Å². The van der Waals surface area contributed by atoms with Crippen molar-refractivity contribution in [3.63, 3.8) is 0 Å². The van der Waals surface area contributed by atoms with E-state index in [1.165, 1.54) is 6.07 Å². The second kappa shape index (κ2) is 4.62. The number of aryl methyl sites for hydroxylation is 1. The van der Waals surface area contributed by atoms with Gasteiger partial charge in [0.15, 0.2) is 0 Å². The van der Waals surface area contributed by atoms with Crippen molar-refractivity contribution in [1.29, 1.82) is 0 Å². The molecule has 1 N–H and O–H groups in total. The highest BCUT2D eigenvalue weighted by molar-refractivity contribution is 5.45. The Morgan fingerprint density at radius 1 is 1.30 bits per heavy atom. The molecule has 0 aliphatic carbocycles. The van der Waals surface area contributed by atoms with Crippen LogP contribution in [0.2, 0.25) is 0 Å². The van der Waals surface area contributed by atoms with Gasteiger partial charge in [-0.25, -0.2) is 4.98 Å². The SMILES string of the molecule is Cc1cc(C(F)(F)F)cc(N2CCC3(CCNC3)C2)n1. The maximum Gasteiger partial charge on any atom is 0.416 e. The second-order valence-electron chi connectivity index (χ2n) is 5.95. The van der Waals surface area contributed by atoms with Gasteiger partial charge in [0.2, 0.25) is 0 Å². The van der Waals surface area contributed by atoms with Crippen molar-refractivity contribution in [1.82, 2.24) is 10.3 Å². The summed E-state index contributed by atoms with van der Waals surface area (Å²) < 4.78 is 38.6. The van der Waals surface area contributed by atoms with Gasteiger partial charge in [-0.15, -0.1) is 0 Å². The van der Waals surface area contributed by atoms with Crippen molar-refractivity contribution < 1.29 is 13.2 Å². The number of nitrogens with one attached hydrogen (secondary N) is 1. The Labute approximate surface area is 116 Å². The Bertz CT molecular complexity index is 507. The third-order valence-electron chi connectivity index (χ3n) is 4.36. The zero-order valence-corrected chi connectivity index (χ0v) is 11.4. The van der Waals surface area contributed by atoms with Gasteiger partial charge < -0.3 is 10.2 Å². The summed E-state index contributed by atoms with van der Waals surface area (Å²) in [7, 11) is 0. The quantitative estimate of drug-likeness (QED) is 0.859. The van der Waals surface area contributed by atoms with Crippen LogP contribution >= 0.6 is 0 Å². The van der Waals surface area contributed by atoms with Crippen molar-refractivity contribution in [2.24, 2.45) is 5.41 Å². The van der Waals surface area contributed by atoms with Crippen LogP contribution in [0.15, 0.2) is 12.1 Å². The monoisotopic (exact) mass is 285 g/mol. The minimum absolute atomic E-state index is 0.226. The number of nitrogens with zero attached hydrogens (tertiary/aromatic N) is 2. The van der Waals surface area contributed by atoms with Gasteiger partial charge in [-0.1, -0.05) is 0 Å². The number of halogens is 3. The number of hydrogen-bond acceptors (Lipinski definition) is 3.